The summed E-state index contributed by atoms with van der Waals surface area (Å²) in [5, 5.41) is 14.4. The molecule has 0 aromatic heterocycles. The molecule has 116 valence electrons. The summed E-state index contributed by atoms with van der Waals surface area (Å²) in [5.41, 5.74) is 2.51. The highest BCUT2D eigenvalue weighted by atomic mass is 19.1. The van der Waals surface area contributed by atoms with Gasteiger partial charge in [-0.1, -0.05) is 30.4 Å². The molecule has 0 bridgehead atoms. The third-order valence-corrected chi connectivity index (χ3v) is 4.80. The summed E-state index contributed by atoms with van der Waals surface area (Å²) in [7, 11) is 0. The Labute approximate surface area is 132 Å². The Bertz CT molecular complexity index is 818. The van der Waals surface area contributed by atoms with Crippen molar-refractivity contribution in [3.05, 3.63) is 81.7 Å². The molecule has 3 atom stereocenters. The summed E-state index contributed by atoms with van der Waals surface area (Å²) < 4.78 is 14.2. The maximum Gasteiger partial charge on any atom is 0.269 e. The van der Waals surface area contributed by atoms with Gasteiger partial charge in [-0.2, -0.15) is 0 Å². The first-order valence-corrected chi connectivity index (χ1v) is 7.61. The van der Waals surface area contributed by atoms with Crippen LogP contribution in [-0.2, 0) is 0 Å². The molecule has 1 aliphatic heterocycles. The fourth-order valence-corrected chi connectivity index (χ4v) is 3.73. The van der Waals surface area contributed by atoms with Gasteiger partial charge in [0.15, 0.2) is 0 Å². The van der Waals surface area contributed by atoms with Gasteiger partial charge in [-0.05, 0) is 30.0 Å². The zero-order valence-electron chi connectivity index (χ0n) is 12.3. The minimum Gasteiger partial charge on any atom is -0.378 e. The van der Waals surface area contributed by atoms with E-state index in [4.69, 9.17) is 0 Å². The lowest BCUT2D eigenvalue weighted by Crippen LogP contribution is -2.29. The van der Waals surface area contributed by atoms with Crippen molar-refractivity contribution in [2.75, 3.05) is 5.32 Å². The van der Waals surface area contributed by atoms with E-state index in [0.29, 0.717) is 5.56 Å². The smallest absolute Gasteiger partial charge is 0.269 e. The highest BCUT2D eigenvalue weighted by molar-refractivity contribution is 5.62. The summed E-state index contributed by atoms with van der Waals surface area (Å²) in [4.78, 5) is 10.6. The molecule has 0 spiro atoms. The highest BCUT2D eigenvalue weighted by Gasteiger charge is 2.39. The first kappa shape index (κ1) is 13.9. The fourth-order valence-electron chi connectivity index (χ4n) is 3.73. The molecule has 4 nitrogen and oxygen atoms in total. The van der Waals surface area contributed by atoms with Crippen LogP contribution in [-0.4, -0.2) is 4.92 Å². The van der Waals surface area contributed by atoms with Crippen molar-refractivity contribution in [2.24, 2.45) is 5.92 Å². The van der Waals surface area contributed by atoms with Crippen molar-refractivity contribution in [3.63, 3.8) is 0 Å². The van der Waals surface area contributed by atoms with Crippen molar-refractivity contribution in [1.82, 2.24) is 0 Å². The van der Waals surface area contributed by atoms with E-state index < -0.39 is 0 Å². The molecule has 0 unspecified atom stereocenters. The molecule has 0 radical (unpaired) electrons. The minimum absolute atomic E-state index is 0.0794. The van der Waals surface area contributed by atoms with Crippen LogP contribution in [0.15, 0.2) is 54.6 Å². The maximum atomic E-state index is 14.2. The van der Waals surface area contributed by atoms with Gasteiger partial charge in [-0.3, -0.25) is 10.1 Å². The number of nitro benzene ring substituents is 1. The monoisotopic (exact) mass is 310 g/mol. The Hall–Kier alpha value is -2.69. The van der Waals surface area contributed by atoms with Crippen molar-refractivity contribution in [1.29, 1.82) is 0 Å². The normalized spacial score (nSPS) is 24.7. The van der Waals surface area contributed by atoms with Crippen LogP contribution in [0.3, 0.4) is 0 Å². The molecule has 2 aromatic carbocycles. The topological polar surface area (TPSA) is 55.2 Å². The number of anilines is 1. The van der Waals surface area contributed by atoms with E-state index in [0.717, 1.165) is 17.7 Å². The summed E-state index contributed by atoms with van der Waals surface area (Å²) in [6, 6.07) is 11.5. The lowest BCUT2D eigenvalue weighted by molar-refractivity contribution is -0.384. The number of hydrogen-bond acceptors (Lipinski definition) is 3. The number of allylic oxidation sites excluding steroid dienone is 2. The Morgan fingerprint density at radius 3 is 2.78 bits per heavy atom. The maximum absolute atomic E-state index is 14.2. The van der Waals surface area contributed by atoms with Crippen LogP contribution in [0.25, 0.3) is 0 Å². The van der Waals surface area contributed by atoms with Gasteiger partial charge in [0.1, 0.15) is 5.82 Å². The number of hydrogen-bond donors (Lipinski definition) is 1. The van der Waals surface area contributed by atoms with E-state index in [1.807, 2.05) is 6.07 Å². The summed E-state index contributed by atoms with van der Waals surface area (Å²) in [6.45, 7) is 0. The SMILES string of the molecule is O=[N+]([O-])c1ccc2c(c1)[C@@H]1C=CC[C@H]1[C@@H](c1ccccc1F)N2. The predicted molar refractivity (Wildman–Crippen MR) is 85.8 cm³/mol. The van der Waals surface area contributed by atoms with E-state index in [9.17, 15) is 14.5 Å². The molecular weight excluding hydrogens is 295 g/mol. The lowest BCUT2D eigenvalue weighted by Gasteiger charge is -2.37. The Balaban J connectivity index is 1.81. The number of nitrogens with one attached hydrogen (secondary N) is 1. The minimum atomic E-state index is -0.378. The molecule has 0 fully saturated rings. The fraction of sp³-hybridized carbons (Fsp3) is 0.222. The number of benzene rings is 2. The van der Waals surface area contributed by atoms with Gasteiger partial charge in [0.2, 0.25) is 0 Å². The second-order valence-electron chi connectivity index (χ2n) is 6.03. The van der Waals surface area contributed by atoms with E-state index in [1.165, 1.54) is 12.1 Å². The zero-order valence-corrected chi connectivity index (χ0v) is 12.3. The van der Waals surface area contributed by atoms with E-state index in [2.05, 4.69) is 17.5 Å². The molecule has 0 amide bonds. The molecule has 2 aromatic rings. The summed E-state index contributed by atoms with van der Waals surface area (Å²) in [6.07, 6.45) is 5.00. The van der Waals surface area contributed by atoms with E-state index >= 15 is 0 Å². The highest BCUT2D eigenvalue weighted by Crippen LogP contribution is 2.50. The molecule has 4 rings (SSSR count). The Morgan fingerprint density at radius 1 is 1.17 bits per heavy atom. The second-order valence-corrected chi connectivity index (χ2v) is 6.03. The third-order valence-electron chi connectivity index (χ3n) is 4.80. The van der Waals surface area contributed by atoms with Crippen LogP contribution < -0.4 is 5.32 Å². The number of non-ortho nitro benzene ring substituents is 1. The molecule has 0 saturated carbocycles. The molecular formula is C18H15FN2O2. The second kappa shape index (κ2) is 5.19. The van der Waals surface area contributed by atoms with Crippen molar-refractivity contribution >= 4 is 11.4 Å². The molecule has 1 aliphatic carbocycles. The average molecular weight is 310 g/mol. The largest absolute Gasteiger partial charge is 0.378 e. The van der Waals surface area contributed by atoms with E-state index in [-0.39, 0.29) is 34.3 Å². The quantitative estimate of drug-likeness (QED) is 0.502. The lowest BCUT2D eigenvalue weighted by atomic mass is 9.77. The van der Waals surface area contributed by atoms with Crippen LogP contribution in [0.4, 0.5) is 15.8 Å². The van der Waals surface area contributed by atoms with Crippen LogP contribution >= 0.6 is 0 Å². The van der Waals surface area contributed by atoms with Crippen molar-refractivity contribution in [2.45, 2.75) is 18.4 Å². The molecule has 1 N–H and O–H groups in total. The Kier molecular flexibility index (Phi) is 3.15. The number of nitrogens with zero attached hydrogens (tertiary/aromatic N) is 1. The summed E-state index contributed by atoms with van der Waals surface area (Å²) >= 11 is 0. The van der Waals surface area contributed by atoms with Gasteiger partial charge >= 0.3 is 0 Å². The van der Waals surface area contributed by atoms with Gasteiger partial charge < -0.3 is 5.32 Å². The zero-order chi connectivity index (χ0) is 16.0. The predicted octanol–water partition coefficient (Wildman–Crippen LogP) is 4.56. The van der Waals surface area contributed by atoms with Crippen LogP contribution in [0.2, 0.25) is 0 Å². The number of nitro groups is 1. The van der Waals surface area contributed by atoms with Gasteiger partial charge in [0.05, 0.1) is 11.0 Å². The average Bonchev–Trinajstić information content (AvgIpc) is 3.04. The Morgan fingerprint density at radius 2 is 2.00 bits per heavy atom. The van der Waals surface area contributed by atoms with Gasteiger partial charge in [0.25, 0.3) is 5.69 Å². The number of halogens is 1. The van der Waals surface area contributed by atoms with Crippen LogP contribution in [0.1, 0.15) is 29.5 Å². The first-order valence-electron chi connectivity index (χ1n) is 7.61. The molecule has 0 saturated heterocycles. The summed E-state index contributed by atoms with van der Waals surface area (Å²) in [5.74, 6) is 0.0261. The molecule has 2 aliphatic rings. The molecule has 1 heterocycles. The van der Waals surface area contributed by atoms with Crippen molar-refractivity contribution < 1.29 is 9.31 Å². The molecule has 5 heteroatoms. The number of rotatable bonds is 2. The van der Waals surface area contributed by atoms with E-state index in [1.54, 1.807) is 24.3 Å². The standard InChI is InChI=1S/C18H15FN2O2/c19-16-7-2-1-4-14(16)18-13-6-3-5-12(13)15-10-11(21(22)23)8-9-17(15)20-18/h1-5,7-10,12-13,18,20H,6H2/t12-,13-,18+/m1/s1. The van der Waals surface area contributed by atoms with Gasteiger partial charge in [-0.15, -0.1) is 0 Å². The van der Waals surface area contributed by atoms with Crippen molar-refractivity contribution in [3.8, 4) is 0 Å². The van der Waals surface area contributed by atoms with Crippen LogP contribution in [0, 0.1) is 21.8 Å². The van der Waals surface area contributed by atoms with Gasteiger partial charge in [0, 0.05) is 29.3 Å². The van der Waals surface area contributed by atoms with Crippen LogP contribution in [0.5, 0.6) is 0 Å². The molecule has 23 heavy (non-hydrogen) atoms. The number of fused-ring (bicyclic) bond motifs is 3. The first-order chi connectivity index (χ1) is 11.1. The van der Waals surface area contributed by atoms with Gasteiger partial charge in [-0.25, -0.2) is 4.39 Å². The third kappa shape index (κ3) is 2.20.